The van der Waals surface area contributed by atoms with Gasteiger partial charge in [0.05, 0.1) is 6.54 Å². The van der Waals surface area contributed by atoms with Gasteiger partial charge in [0.15, 0.2) is 0 Å². The summed E-state index contributed by atoms with van der Waals surface area (Å²) in [6.07, 6.45) is 3.67. The molecule has 1 aromatic rings. The van der Waals surface area contributed by atoms with Crippen LogP contribution in [-0.4, -0.2) is 42.1 Å². The number of amides is 2. The average molecular weight is 310 g/mol. The number of rotatable bonds is 6. The number of aryl methyl sites for hydroxylation is 1. The van der Waals surface area contributed by atoms with Gasteiger partial charge in [-0.15, -0.1) is 11.3 Å². The summed E-state index contributed by atoms with van der Waals surface area (Å²) >= 11 is 1.58. The average Bonchev–Trinajstić information content (AvgIpc) is 2.87. The Balaban J connectivity index is 1.53. The number of piperidine rings is 1. The van der Waals surface area contributed by atoms with Gasteiger partial charge in [-0.1, -0.05) is 6.92 Å². The van der Waals surface area contributed by atoms with Crippen LogP contribution in [0.2, 0.25) is 0 Å². The van der Waals surface area contributed by atoms with Gasteiger partial charge in [-0.2, -0.15) is 0 Å². The van der Waals surface area contributed by atoms with Crippen molar-refractivity contribution >= 4 is 17.4 Å². The number of urea groups is 1. The third kappa shape index (κ3) is 6.01. The van der Waals surface area contributed by atoms with Crippen molar-refractivity contribution in [1.29, 1.82) is 0 Å². The Morgan fingerprint density at radius 2 is 2.38 bits per heavy atom. The number of likely N-dealkylation sites (tertiary alicyclic amines) is 1. The molecule has 0 bridgehead atoms. The molecule has 1 aromatic heterocycles. The number of aromatic nitrogens is 1. The minimum absolute atomic E-state index is 0.102. The largest absolute Gasteiger partial charge is 0.338 e. The van der Waals surface area contributed by atoms with E-state index in [9.17, 15) is 4.79 Å². The first-order chi connectivity index (χ1) is 10.1. The molecule has 2 heterocycles. The van der Waals surface area contributed by atoms with Crippen LogP contribution >= 0.6 is 11.3 Å². The fourth-order valence-corrected chi connectivity index (χ4v) is 3.41. The summed E-state index contributed by atoms with van der Waals surface area (Å²) in [4.78, 5) is 18.5. The fourth-order valence-electron chi connectivity index (χ4n) is 2.70. The SMILES string of the molecule is Cc1csc(CNC(=O)NCCCN2CCCC(C)C2)n1. The lowest BCUT2D eigenvalue weighted by molar-refractivity contribution is 0.181. The molecule has 0 spiro atoms. The Bertz CT molecular complexity index is 449. The highest BCUT2D eigenvalue weighted by molar-refractivity contribution is 7.09. The monoisotopic (exact) mass is 310 g/mol. The van der Waals surface area contributed by atoms with Crippen molar-refractivity contribution in [3.8, 4) is 0 Å². The van der Waals surface area contributed by atoms with Gasteiger partial charge in [0.25, 0.3) is 0 Å². The van der Waals surface area contributed by atoms with Crippen LogP contribution in [0.15, 0.2) is 5.38 Å². The zero-order chi connectivity index (χ0) is 15.1. The van der Waals surface area contributed by atoms with E-state index in [-0.39, 0.29) is 6.03 Å². The molecule has 2 rings (SSSR count). The molecule has 2 amide bonds. The van der Waals surface area contributed by atoms with E-state index in [0.717, 1.165) is 36.1 Å². The Morgan fingerprint density at radius 1 is 1.52 bits per heavy atom. The first-order valence-electron chi connectivity index (χ1n) is 7.78. The van der Waals surface area contributed by atoms with Gasteiger partial charge in [0, 0.05) is 24.2 Å². The molecule has 0 saturated carbocycles. The predicted molar refractivity (Wildman–Crippen MR) is 86.5 cm³/mol. The van der Waals surface area contributed by atoms with E-state index in [0.29, 0.717) is 6.54 Å². The molecule has 1 saturated heterocycles. The summed E-state index contributed by atoms with van der Waals surface area (Å²) in [5.41, 5.74) is 1.01. The van der Waals surface area contributed by atoms with Crippen LogP contribution < -0.4 is 10.6 Å². The first-order valence-corrected chi connectivity index (χ1v) is 8.66. The van der Waals surface area contributed by atoms with Crippen LogP contribution in [0.5, 0.6) is 0 Å². The maximum Gasteiger partial charge on any atom is 0.315 e. The Morgan fingerprint density at radius 3 is 3.10 bits per heavy atom. The minimum atomic E-state index is -0.102. The van der Waals surface area contributed by atoms with Crippen molar-refractivity contribution in [2.75, 3.05) is 26.2 Å². The van der Waals surface area contributed by atoms with Gasteiger partial charge in [-0.25, -0.2) is 9.78 Å². The molecule has 1 atom stereocenters. The third-order valence-corrected chi connectivity index (χ3v) is 4.71. The van der Waals surface area contributed by atoms with Crippen molar-refractivity contribution in [3.05, 3.63) is 16.1 Å². The van der Waals surface area contributed by atoms with Crippen molar-refractivity contribution < 1.29 is 4.79 Å². The topological polar surface area (TPSA) is 57.3 Å². The van der Waals surface area contributed by atoms with E-state index < -0.39 is 0 Å². The minimum Gasteiger partial charge on any atom is -0.338 e. The van der Waals surface area contributed by atoms with Crippen molar-refractivity contribution in [2.45, 2.75) is 39.7 Å². The lowest BCUT2D eigenvalue weighted by atomic mass is 10.0. The molecule has 1 fully saturated rings. The molecule has 1 aliphatic heterocycles. The number of hydrogen-bond donors (Lipinski definition) is 2. The molecular weight excluding hydrogens is 284 g/mol. The van der Waals surface area contributed by atoms with E-state index in [1.54, 1.807) is 11.3 Å². The quantitative estimate of drug-likeness (QED) is 0.793. The number of carbonyl (C=O) groups excluding carboxylic acids is 1. The molecule has 5 nitrogen and oxygen atoms in total. The second-order valence-corrected chi connectivity index (χ2v) is 6.84. The van der Waals surface area contributed by atoms with E-state index in [2.05, 4.69) is 27.4 Å². The lowest BCUT2D eigenvalue weighted by Gasteiger charge is -2.30. The highest BCUT2D eigenvalue weighted by Gasteiger charge is 2.15. The van der Waals surface area contributed by atoms with Crippen LogP contribution in [0.25, 0.3) is 0 Å². The summed E-state index contributed by atoms with van der Waals surface area (Å²) in [6, 6.07) is -0.102. The molecule has 0 aromatic carbocycles. The van der Waals surface area contributed by atoms with Crippen LogP contribution in [0.1, 0.15) is 36.9 Å². The summed E-state index contributed by atoms with van der Waals surface area (Å²) in [5, 5.41) is 8.70. The summed E-state index contributed by atoms with van der Waals surface area (Å²) in [6.45, 7) is 9.01. The Labute approximate surface area is 131 Å². The maximum absolute atomic E-state index is 11.7. The van der Waals surface area contributed by atoms with Crippen LogP contribution in [-0.2, 0) is 6.54 Å². The summed E-state index contributed by atoms with van der Waals surface area (Å²) in [5.74, 6) is 0.816. The summed E-state index contributed by atoms with van der Waals surface area (Å²) < 4.78 is 0. The highest BCUT2D eigenvalue weighted by Crippen LogP contribution is 2.15. The number of nitrogens with zero attached hydrogens (tertiary/aromatic N) is 2. The molecule has 2 N–H and O–H groups in total. The molecule has 21 heavy (non-hydrogen) atoms. The first kappa shape index (κ1) is 16.2. The van der Waals surface area contributed by atoms with Crippen LogP contribution in [0, 0.1) is 12.8 Å². The van der Waals surface area contributed by atoms with Gasteiger partial charge in [0.1, 0.15) is 5.01 Å². The van der Waals surface area contributed by atoms with E-state index in [4.69, 9.17) is 0 Å². The Kier molecular flexibility index (Phi) is 6.45. The number of hydrogen-bond acceptors (Lipinski definition) is 4. The third-order valence-electron chi connectivity index (χ3n) is 3.74. The van der Waals surface area contributed by atoms with E-state index in [1.165, 1.54) is 25.9 Å². The predicted octanol–water partition coefficient (Wildman–Crippen LogP) is 2.37. The molecular formula is C15H26N4OS. The van der Waals surface area contributed by atoms with Crippen molar-refractivity contribution in [3.63, 3.8) is 0 Å². The highest BCUT2D eigenvalue weighted by atomic mass is 32.1. The van der Waals surface area contributed by atoms with Crippen LogP contribution in [0.4, 0.5) is 4.79 Å². The molecule has 1 aliphatic rings. The maximum atomic E-state index is 11.7. The standard InChI is InChI=1S/C15H26N4OS/c1-12-5-3-7-19(10-12)8-4-6-16-15(20)17-9-14-18-13(2)11-21-14/h11-12H,3-10H2,1-2H3,(H2,16,17,20). The van der Waals surface area contributed by atoms with Crippen LogP contribution in [0.3, 0.4) is 0 Å². The number of thiazole rings is 1. The smallest absolute Gasteiger partial charge is 0.315 e. The van der Waals surface area contributed by atoms with E-state index in [1.807, 2.05) is 12.3 Å². The lowest BCUT2D eigenvalue weighted by Crippen LogP contribution is -2.38. The molecule has 0 radical (unpaired) electrons. The van der Waals surface area contributed by atoms with Gasteiger partial charge in [0.2, 0.25) is 0 Å². The molecule has 6 heteroatoms. The number of carbonyl (C=O) groups is 1. The zero-order valence-corrected chi connectivity index (χ0v) is 13.8. The van der Waals surface area contributed by atoms with Gasteiger partial charge in [-0.3, -0.25) is 0 Å². The van der Waals surface area contributed by atoms with E-state index >= 15 is 0 Å². The summed E-state index contributed by atoms with van der Waals surface area (Å²) in [7, 11) is 0. The second kappa shape index (κ2) is 8.34. The molecule has 1 unspecified atom stereocenters. The van der Waals surface area contributed by atoms with Crippen molar-refractivity contribution in [2.24, 2.45) is 5.92 Å². The normalized spacial score (nSPS) is 19.4. The Hall–Kier alpha value is -1.14. The molecule has 118 valence electrons. The second-order valence-electron chi connectivity index (χ2n) is 5.89. The van der Waals surface area contributed by atoms with Crippen molar-refractivity contribution in [1.82, 2.24) is 20.5 Å². The van der Waals surface area contributed by atoms with Gasteiger partial charge < -0.3 is 15.5 Å². The zero-order valence-electron chi connectivity index (χ0n) is 13.0. The van der Waals surface area contributed by atoms with Gasteiger partial charge in [-0.05, 0) is 45.2 Å². The fraction of sp³-hybridized carbons (Fsp3) is 0.733. The number of nitrogens with one attached hydrogen (secondary N) is 2. The molecule has 0 aliphatic carbocycles. The van der Waals surface area contributed by atoms with Gasteiger partial charge >= 0.3 is 6.03 Å².